The normalized spacial score (nSPS) is 23.0. The molecule has 6 heteroatoms. The van der Waals surface area contributed by atoms with E-state index in [2.05, 4.69) is 17.9 Å². The van der Waals surface area contributed by atoms with Gasteiger partial charge in [-0.2, -0.15) is 0 Å². The van der Waals surface area contributed by atoms with Crippen LogP contribution in [-0.2, 0) is 20.9 Å². The summed E-state index contributed by atoms with van der Waals surface area (Å²) in [5.74, 6) is 0.427. The van der Waals surface area contributed by atoms with Gasteiger partial charge in [-0.05, 0) is 56.8 Å². The molecule has 2 aliphatic heterocycles. The fraction of sp³-hybridized carbons (Fsp3) is 0.680. The predicted molar refractivity (Wildman–Crippen MR) is 118 cm³/mol. The lowest BCUT2D eigenvalue weighted by atomic mass is 9.73. The van der Waals surface area contributed by atoms with Crippen LogP contribution in [0.4, 0.5) is 0 Å². The van der Waals surface area contributed by atoms with Crippen LogP contribution in [0, 0.1) is 5.41 Å². The molecule has 4 rings (SSSR count). The fourth-order valence-electron chi connectivity index (χ4n) is 5.73. The van der Waals surface area contributed by atoms with Gasteiger partial charge in [-0.15, -0.1) is 0 Å². The molecule has 6 nitrogen and oxygen atoms in total. The molecule has 2 fully saturated rings. The molecular weight excluding hydrogens is 392 g/mol. The first-order chi connectivity index (χ1) is 15.1. The van der Waals surface area contributed by atoms with Crippen LogP contribution in [0.3, 0.4) is 0 Å². The highest BCUT2D eigenvalue weighted by atomic mass is 16.5. The van der Waals surface area contributed by atoms with E-state index in [1.165, 1.54) is 6.42 Å². The molecule has 1 saturated carbocycles. The Bertz CT molecular complexity index is 803. The molecule has 1 unspecified atom stereocenters. The quantitative estimate of drug-likeness (QED) is 0.497. The molecule has 1 aliphatic carbocycles. The molecule has 1 saturated heterocycles. The van der Waals surface area contributed by atoms with Gasteiger partial charge < -0.3 is 9.84 Å². The second-order valence-electron chi connectivity index (χ2n) is 9.49. The number of carbonyl (C=O) groups is 2. The van der Waals surface area contributed by atoms with E-state index in [0.717, 1.165) is 69.2 Å². The number of hydrogen-bond donors (Lipinski definition) is 1. The maximum Gasteiger partial charge on any atom is 0.235 e. The van der Waals surface area contributed by atoms with Crippen molar-refractivity contribution in [3.63, 3.8) is 0 Å². The summed E-state index contributed by atoms with van der Waals surface area (Å²) in [4.78, 5) is 29.5. The first kappa shape index (κ1) is 22.3. The van der Waals surface area contributed by atoms with E-state index in [0.29, 0.717) is 31.9 Å². The molecule has 0 aromatic heterocycles. The van der Waals surface area contributed by atoms with E-state index < -0.39 is 0 Å². The van der Waals surface area contributed by atoms with Crippen molar-refractivity contribution in [3.05, 3.63) is 29.3 Å². The average Bonchev–Trinajstić information content (AvgIpc) is 3.00. The number of aromatic hydroxyl groups is 1. The Morgan fingerprint density at radius 2 is 1.97 bits per heavy atom. The number of hydrogen-bond acceptors (Lipinski definition) is 5. The number of carbonyl (C=O) groups excluding carboxylic acids is 2. The third-order valence-corrected chi connectivity index (χ3v) is 7.40. The smallest absolute Gasteiger partial charge is 0.235 e. The van der Waals surface area contributed by atoms with E-state index in [-0.39, 0.29) is 23.3 Å². The van der Waals surface area contributed by atoms with Crippen molar-refractivity contribution in [1.29, 1.82) is 0 Å². The summed E-state index contributed by atoms with van der Waals surface area (Å²) < 4.78 is 5.80. The van der Waals surface area contributed by atoms with Crippen molar-refractivity contribution >= 4 is 11.8 Å². The number of rotatable bonds is 8. The second-order valence-corrected chi connectivity index (χ2v) is 9.49. The molecule has 1 atom stereocenters. The first-order valence-corrected chi connectivity index (χ1v) is 12.0. The Morgan fingerprint density at radius 1 is 1.16 bits per heavy atom. The first-order valence-electron chi connectivity index (χ1n) is 12.0. The number of phenols is 1. The number of nitrogens with zero attached hydrogens (tertiary/aromatic N) is 2. The minimum atomic E-state index is -0.380. The van der Waals surface area contributed by atoms with Crippen molar-refractivity contribution in [2.75, 3.05) is 26.2 Å². The van der Waals surface area contributed by atoms with Gasteiger partial charge in [-0.3, -0.25) is 19.4 Å². The van der Waals surface area contributed by atoms with E-state index in [1.807, 2.05) is 6.07 Å². The number of amides is 2. The zero-order valence-electron chi connectivity index (χ0n) is 18.8. The minimum absolute atomic E-state index is 0.0300. The number of unbranched alkanes of at least 4 members (excludes halogenated alkanes) is 1. The Morgan fingerprint density at radius 3 is 2.74 bits per heavy atom. The highest BCUT2D eigenvalue weighted by molar-refractivity contribution is 6.05. The van der Waals surface area contributed by atoms with Crippen molar-refractivity contribution in [1.82, 2.24) is 9.80 Å². The summed E-state index contributed by atoms with van der Waals surface area (Å²) >= 11 is 0. The molecule has 170 valence electrons. The van der Waals surface area contributed by atoms with E-state index >= 15 is 0 Å². The summed E-state index contributed by atoms with van der Waals surface area (Å²) in [6.45, 7) is 5.64. The maximum absolute atomic E-state index is 13.0. The lowest BCUT2D eigenvalue weighted by Gasteiger charge is -2.36. The standard InChI is InChI=1S/C25H36N2O4/c1-2-13-26(21-18-31-17-20-19(21)9-8-10-22(20)28)14-6-7-15-27-23(29)16-25(24(27)30)11-4-3-5-12-25/h8-10,21,28H,2-7,11-18H2,1H3. The summed E-state index contributed by atoms with van der Waals surface area (Å²) in [5.41, 5.74) is 1.67. The third-order valence-electron chi connectivity index (χ3n) is 7.40. The zero-order chi connectivity index (χ0) is 21.8. The van der Waals surface area contributed by atoms with Crippen molar-refractivity contribution in [2.24, 2.45) is 5.41 Å². The highest BCUT2D eigenvalue weighted by Crippen LogP contribution is 2.45. The van der Waals surface area contributed by atoms with E-state index in [1.54, 1.807) is 11.0 Å². The van der Waals surface area contributed by atoms with Crippen LogP contribution in [0.15, 0.2) is 18.2 Å². The van der Waals surface area contributed by atoms with Gasteiger partial charge >= 0.3 is 0 Å². The number of phenolic OH excluding ortho intramolecular Hbond substituents is 1. The molecule has 1 aromatic carbocycles. The maximum atomic E-state index is 13.0. The largest absolute Gasteiger partial charge is 0.508 e. The Balaban J connectivity index is 1.34. The molecule has 0 radical (unpaired) electrons. The number of ether oxygens (including phenoxy) is 1. The van der Waals surface area contributed by atoms with E-state index in [9.17, 15) is 14.7 Å². The molecule has 1 N–H and O–H groups in total. The monoisotopic (exact) mass is 428 g/mol. The van der Waals surface area contributed by atoms with Gasteiger partial charge in [0.15, 0.2) is 0 Å². The van der Waals surface area contributed by atoms with Gasteiger partial charge in [-0.25, -0.2) is 0 Å². The van der Waals surface area contributed by atoms with Crippen LogP contribution in [0.25, 0.3) is 0 Å². The number of fused-ring (bicyclic) bond motifs is 1. The summed E-state index contributed by atoms with van der Waals surface area (Å²) in [7, 11) is 0. The fourth-order valence-corrected chi connectivity index (χ4v) is 5.73. The number of benzene rings is 1. The summed E-state index contributed by atoms with van der Waals surface area (Å²) in [6.07, 6.45) is 8.30. The Kier molecular flexibility index (Phi) is 6.97. The van der Waals surface area contributed by atoms with Gasteiger partial charge in [0.1, 0.15) is 5.75 Å². The molecule has 2 heterocycles. The summed E-state index contributed by atoms with van der Waals surface area (Å²) in [6, 6.07) is 5.85. The molecule has 0 bridgehead atoms. The van der Waals surface area contributed by atoms with Crippen molar-refractivity contribution in [3.8, 4) is 5.75 Å². The van der Waals surface area contributed by atoms with Crippen molar-refractivity contribution in [2.45, 2.75) is 77.4 Å². The van der Waals surface area contributed by atoms with Crippen LogP contribution in [-0.4, -0.2) is 53.0 Å². The summed E-state index contributed by atoms with van der Waals surface area (Å²) in [5, 5.41) is 10.2. The second kappa shape index (κ2) is 9.70. The van der Waals surface area contributed by atoms with Gasteiger partial charge in [0.05, 0.1) is 24.7 Å². The molecule has 1 spiro atoms. The Hall–Kier alpha value is -1.92. The van der Waals surface area contributed by atoms with Crippen LogP contribution in [0.2, 0.25) is 0 Å². The topological polar surface area (TPSA) is 70.1 Å². The van der Waals surface area contributed by atoms with Gasteiger partial charge in [-0.1, -0.05) is 38.3 Å². The van der Waals surface area contributed by atoms with Crippen LogP contribution in [0.5, 0.6) is 5.75 Å². The highest BCUT2D eigenvalue weighted by Gasteiger charge is 2.51. The van der Waals surface area contributed by atoms with Crippen LogP contribution >= 0.6 is 0 Å². The van der Waals surface area contributed by atoms with Gasteiger partial charge in [0, 0.05) is 18.5 Å². The number of imide groups is 1. The number of likely N-dealkylation sites (tertiary alicyclic amines) is 1. The molecule has 2 amide bonds. The van der Waals surface area contributed by atoms with E-state index in [4.69, 9.17) is 4.74 Å². The minimum Gasteiger partial charge on any atom is -0.508 e. The molecule has 1 aromatic rings. The zero-order valence-corrected chi connectivity index (χ0v) is 18.8. The third kappa shape index (κ3) is 4.51. The van der Waals surface area contributed by atoms with Gasteiger partial charge in [0.2, 0.25) is 11.8 Å². The molecule has 31 heavy (non-hydrogen) atoms. The van der Waals surface area contributed by atoms with Crippen LogP contribution < -0.4 is 0 Å². The predicted octanol–water partition coefficient (Wildman–Crippen LogP) is 4.17. The van der Waals surface area contributed by atoms with Crippen LogP contribution in [0.1, 0.15) is 81.9 Å². The van der Waals surface area contributed by atoms with Gasteiger partial charge in [0.25, 0.3) is 0 Å². The molecular formula is C25H36N2O4. The Labute approximate surface area is 185 Å². The lowest BCUT2D eigenvalue weighted by Crippen LogP contribution is -2.38. The molecule has 3 aliphatic rings. The SMILES string of the molecule is CCCN(CCCCN1C(=O)CC2(CCCCC2)C1=O)C1COCc2c(O)cccc21. The lowest BCUT2D eigenvalue weighted by molar-refractivity contribution is -0.142. The average molecular weight is 429 g/mol. The van der Waals surface area contributed by atoms with Crippen molar-refractivity contribution < 1.29 is 19.4 Å².